The molecule has 2 aromatic heterocycles. The number of rotatable bonds is 1. The zero-order valence-electron chi connectivity index (χ0n) is 9.17. The third-order valence-corrected chi connectivity index (χ3v) is 2.67. The van der Waals surface area contributed by atoms with Crippen molar-refractivity contribution in [3.63, 3.8) is 0 Å². The molecule has 3 nitrogen and oxygen atoms in total. The van der Waals surface area contributed by atoms with Crippen molar-refractivity contribution in [1.29, 1.82) is 0 Å². The Bertz CT molecular complexity index is 677. The molecule has 0 radical (unpaired) electrons. The monoisotopic (exact) mass is 221 g/mol. The van der Waals surface area contributed by atoms with E-state index in [1.165, 1.54) is 0 Å². The summed E-state index contributed by atoms with van der Waals surface area (Å²) in [4.78, 5) is 8.66. The van der Waals surface area contributed by atoms with E-state index in [1.807, 2.05) is 48.7 Å². The second kappa shape index (κ2) is 3.87. The standard InChI is InChI=1S/C14H11N3/c15-12-3-1-2-10(8-12)13-5-4-11-9-16-7-6-14(11)17-13/h1-9H,15H2. The highest BCUT2D eigenvalue weighted by molar-refractivity contribution is 5.80. The first-order valence-corrected chi connectivity index (χ1v) is 5.40. The number of anilines is 1. The highest BCUT2D eigenvalue weighted by Crippen LogP contribution is 2.21. The molecule has 0 unspecified atom stereocenters. The van der Waals surface area contributed by atoms with Gasteiger partial charge in [-0.3, -0.25) is 4.98 Å². The average molecular weight is 221 g/mol. The minimum Gasteiger partial charge on any atom is -0.399 e. The second-order valence-electron chi connectivity index (χ2n) is 3.89. The van der Waals surface area contributed by atoms with Gasteiger partial charge >= 0.3 is 0 Å². The number of nitrogen functional groups attached to an aromatic ring is 1. The lowest BCUT2D eigenvalue weighted by atomic mass is 10.1. The molecular formula is C14H11N3. The summed E-state index contributed by atoms with van der Waals surface area (Å²) in [6.07, 6.45) is 3.56. The summed E-state index contributed by atoms with van der Waals surface area (Å²) in [7, 11) is 0. The predicted octanol–water partition coefficient (Wildman–Crippen LogP) is 2.88. The molecule has 0 saturated heterocycles. The number of pyridine rings is 2. The van der Waals surface area contributed by atoms with Crippen molar-refractivity contribution in [1.82, 2.24) is 9.97 Å². The van der Waals surface area contributed by atoms with Gasteiger partial charge in [0.1, 0.15) is 0 Å². The van der Waals surface area contributed by atoms with E-state index >= 15 is 0 Å². The van der Waals surface area contributed by atoms with Crippen LogP contribution in [0.2, 0.25) is 0 Å². The quantitative estimate of drug-likeness (QED) is 0.643. The van der Waals surface area contributed by atoms with E-state index in [0.29, 0.717) is 0 Å². The van der Waals surface area contributed by atoms with Crippen LogP contribution in [-0.2, 0) is 0 Å². The lowest BCUT2D eigenvalue weighted by molar-refractivity contribution is 1.32. The van der Waals surface area contributed by atoms with Crippen LogP contribution >= 0.6 is 0 Å². The molecule has 2 N–H and O–H groups in total. The maximum Gasteiger partial charge on any atom is 0.0740 e. The Morgan fingerprint density at radius 1 is 1.00 bits per heavy atom. The van der Waals surface area contributed by atoms with Crippen LogP contribution in [0.4, 0.5) is 5.69 Å². The van der Waals surface area contributed by atoms with Crippen molar-refractivity contribution in [2.24, 2.45) is 0 Å². The summed E-state index contributed by atoms with van der Waals surface area (Å²) >= 11 is 0. The Balaban J connectivity index is 2.18. The molecule has 3 aromatic rings. The van der Waals surface area contributed by atoms with Crippen molar-refractivity contribution in [2.45, 2.75) is 0 Å². The number of benzene rings is 1. The summed E-state index contributed by atoms with van der Waals surface area (Å²) in [5.41, 5.74) is 9.42. The van der Waals surface area contributed by atoms with Crippen molar-refractivity contribution in [3.05, 3.63) is 54.9 Å². The Morgan fingerprint density at radius 2 is 1.94 bits per heavy atom. The zero-order chi connectivity index (χ0) is 11.7. The van der Waals surface area contributed by atoms with Gasteiger partial charge in [-0.15, -0.1) is 0 Å². The predicted molar refractivity (Wildman–Crippen MR) is 69.4 cm³/mol. The second-order valence-corrected chi connectivity index (χ2v) is 3.89. The first-order chi connectivity index (χ1) is 8.33. The molecule has 0 aliphatic rings. The smallest absolute Gasteiger partial charge is 0.0740 e. The molecule has 0 aliphatic carbocycles. The van der Waals surface area contributed by atoms with Gasteiger partial charge in [-0.25, -0.2) is 4.98 Å². The maximum absolute atomic E-state index is 5.77. The van der Waals surface area contributed by atoms with Crippen LogP contribution < -0.4 is 5.73 Å². The molecule has 0 amide bonds. The van der Waals surface area contributed by atoms with E-state index in [-0.39, 0.29) is 0 Å². The highest BCUT2D eigenvalue weighted by Gasteiger charge is 2.01. The fraction of sp³-hybridized carbons (Fsp3) is 0. The van der Waals surface area contributed by atoms with Gasteiger partial charge in [-0.2, -0.15) is 0 Å². The molecule has 0 aliphatic heterocycles. The lowest BCUT2D eigenvalue weighted by Crippen LogP contribution is -1.88. The van der Waals surface area contributed by atoms with E-state index in [2.05, 4.69) is 9.97 Å². The molecule has 0 fully saturated rings. The zero-order valence-corrected chi connectivity index (χ0v) is 9.17. The maximum atomic E-state index is 5.77. The fourth-order valence-electron chi connectivity index (χ4n) is 1.82. The van der Waals surface area contributed by atoms with E-state index in [9.17, 15) is 0 Å². The van der Waals surface area contributed by atoms with Crippen LogP contribution in [-0.4, -0.2) is 9.97 Å². The van der Waals surface area contributed by atoms with Crippen molar-refractivity contribution < 1.29 is 0 Å². The Hall–Kier alpha value is -2.42. The third kappa shape index (κ3) is 1.83. The summed E-state index contributed by atoms with van der Waals surface area (Å²) in [5, 5.41) is 1.04. The number of fused-ring (bicyclic) bond motifs is 1. The molecule has 82 valence electrons. The fourth-order valence-corrected chi connectivity index (χ4v) is 1.82. The topological polar surface area (TPSA) is 51.8 Å². The third-order valence-electron chi connectivity index (χ3n) is 2.67. The van der Waals surface area contributed by atoms with Crippen LogP contribution in [0.5, 0.6) is 0 Å². The van der Waals surface area contributed by atoms with Gasteiger partial charge in [-0.05, 0) is 30.3 Å². The Labute approximate surface area is 98.9 Å². The summed E-state index contributed by atoms with van der Waals surface area (Å²) in [5.74, 6) is 0. The van der Waals surface area contributed by atoms with E-state index < -0.39 is 0 Å². The molecule has 0 atom stereocenters. The lowest BCUT2D eigenvalue weighted by Gasteiger charge is -2.03. The summed E-state index contributed by atoms with van der Waals surface area (Å²) in [6.45, 7) is 0. The van der Waals surface area contributed by atoms with Crippen molar-refractivity contribution >= 4 is 16.6 Å². The molecular weight excluding hydrogens is 210 g/mol. The number of aromatic nitrogens is 2. The molecule has 0 bridgehead atoms. The molecule has 1 aromatic carbocycles. The van der Waals surface area contributed by atoms with Gasteiger partial charge in [-0.1, -0.05) is 12.1 Å². The van der Waals surface area contributed by atoms with Crippen molar-refractivity contribution in [2.75, 3.05) is 5.73 Å². The first kappa shape index (κ1) is 9.78. The van der Waals surface area contributed by atoms with Gasteiger partial charge in [0, 0.05) is 29.0 Å². The molecule has 3 heteroatoms. The SMILES string of the molecule is Nc1cccc(-c2ccc3cnccc3n2)c1. The summed E-state index contributed by atoms with van der Waals surface area (Å²) in [6, 6.07) is 13.6. The van der Waals surface area contributed by atoms with Crippen LogP contribution in [0, 0.1) is 0 Å². The molecule has 2 heterocycles. The van der Waals surface area contributed by atoms with Crippen LogP contribution in [0.15, 0.2) is 54.9 Å². The largest absolute Gasteiger partial charge is 0.399 e. The summed E-state index contributed by atoms with van der Waals surface area (Å²) < 4.78 is 0. The number of nitrogens with zero attached hydrogens (tertiary/aromatic N) is 2. The number of hydrogen-bond donors (Lipinski definition) is 1. The Morgan fingerprint density at radius 3 is 2.82 bits per heavy atom. The van der Waals surface area contributed by atoms with Crippen LogP contribution in [0.25, 0.3) is 22.2 Å². The van der Waals surface area contributed by atoms with Gasteiger partial charge in [0.05, 0.1) is 11.2 Å². The average Bonchev–Trinajstić information content (AvgIpc) is 2.38. The minimum atomic E-state index is 0.749. The molecule has 0 saturated carbocycles. The molecule has 17 heavy (non-hydrogen) atoms. The van der Waals surface area contributed by atoms with Crippen LogP contribution in [0.3, 0.4) is 0 Å². The van der Waals surface area contributed by atoms with E-state index in [1.54, 1.807) is 6.20 Å². The number of nitrogens with two attached hydrogens (primary N) is 1. The van der Waals surface area contributed by atoms with Crippen molar-refractivity contribution in [3.8, 4) is 11.3 Å². The normalized spacial score (nSPS) is 10.6. The van der Waals surface area contributed by atoms with Crippen LogP contribution in [0.1, 0.15) is 0 Å². The van der Waals surface area contributed by atoms with Gasteiger partial charge < -0.3 is 5.73 Å². The first-order valence-electron chi connectivity index (χ1n) is 5.40. The van der Waals surface area contributed by atoms with Gasteiger partial charge in [0.15, 0.2) is 0 Å². The highest BCUT2D eigenvalue weighted by atomic mass is 14.7. The molecule has 0 spiro atoms. The van der Waals surface area contributed by atoms with Gasteiger partial charge in [0.25, 0.3) is 0 Å². The van der Waals surface area contributed by atoms with E-state index in [4.69, 9.17) is 5.73 Å². The minimum absolute atomic E-state index is 0.749. The molecule has 3 rings (SSSR count). The van der Waals surface area contributed by atoms with Gasteiger partial charge in [0.2, 0.25) is 0 Å². The van der Waals surface area contributed by atoms with E-state index in [0.717, 1.165) is 27.8 Å². The number of hydrogen-bond acceptors (Lipinski definition) is 3. The Kier molecular flexibility index (Phi) is 2.22.